The van der Waals surface area contributed by atoms with E-state index in [1.807, 2.05) is 19.0 Å². The van der Waals surface area contributed by atoms with Crippen molar-refractivity contribution in [2.75, 3.05) is 40.9 Å². The number of ether oxygens (including phenoxy) is 2. The molecule has 2 aromatic rings. The first-order chi connectivity index (χ1) is 17.1. The molecular weight excluding hydrogens is 462 g/mol. The first-order valence-electron chi connectivity index (χ1n) is 11.7. The number of nitrogens with one attached hydrogen (secondary N) is 1. The van der Waals surface area contributed by atoms with Crippen LogP contribution in [0.3, 0.4) is 0 Å². The van der Waals surface area contributed by atoms with E-state index in [2.05, 4.69) is 11.6 Å². The zero-order chi connectivity index (χ0) is 26.6. The van der Waals surface area contributed by atoms with Gasteiger partial charge in [0.1, 0.15) is 23.8 Å². The fraction of sp³-hybridized carbons (Fsp3) is 0.370. The van der Waals surface area contributed by atoms with Crippen molar-refractivity contribution in [1.82, 2.24) is 14.8 Å². The minimum atomic E-state index is -0.795. The van der Waals surface area contributed by atoms with Crippen LogP contribution in [-0.2, 0) is 14.3 Å². The van der Waals surface area contributed by atoms with Crippen LogP contribution in [0.4, 0.5) is 0 Å². The third kappa shape index (κ3) is 5.21. The first-order valence-corrected chi connectivity index (χ1v) is 11.7. The standard InChI is InChI=1S/C27H33N3O6/c1-7-15-36-19-11-9-18(10-12-19)23-21(25(32)26(33)30(23)14-8-13-29(4)5)24(31)20-16(2)22(27(34)35-6)28-17(20)3/h7,9-12,23,28,31H,1,8,13-15H2,2-6H3. The number of benzene rings is 1. The maximum Gasteiger partial charge on any atom is 0.354 e. The van der Waals surface area contributed by atoms with Crippen LogP contribution in [0.2, 0.25) is 0 Å². The second-order valence-corrected chi connectivity index (χ2v) is 8.93. The van der Waals surface area contributed by atoms with Gasteiger partial charge in [-0.2, -0.15) is 0 Å². The maximum absolute atomic E-state index is 13.3. The number of aromatic nitrogens is 1. The summed E-state index contributed by atoms with van der Waals surface area (Å²) >= 11 is 0. The number of aromatic amines is 1. The lowest BCUT2D eigenvalue weighted by Crippen LogP contribution is -2.32. The normalized spacial score (nSPS) is 17.1. The molecule has 1 aliphatic heterocycles. The lowest BCUT2D eigenvalue weighted by molar-refractivity contribution is -0.139. The van der Waals surface area contributed by atoms with Crippen LogP contribution in [0.5, 0.6) is 5.75 Å². The molecule has 192 valence electrons. The molecule has 36 heavy (non-hydrogen) atoms. The molecule has 1 amide bonds. The Morgan fingerprint density at radius 1 is 1.22 bits per heavy atom. The second kappa shape index (κ2) is 11.3. The predicted octanol–water partition coefficient (Wildman–Crippen LogP) is 3.36. The van der Waals surface area contributed by atoms with E-state index in [-0.39, 0.29) is 17.0 Å². The largest absolute Gasteiger partial charge is 0.507 e. The Morgan fingerprint density at radius 2 is 1.89 bits per heavy atom. The van der Waals surface area contributed by atoms with Gasteiger partial charge in [0, 0.05) is 17.8 Å². The van der Waals surface area contributed by atoms with Crippen molar-refractivity contribution in [2.45, 2.75) is 26.3 Å². The summed E-state index contributed by atoms with van der Waals surface area (Å²) in [7, 11) is 5.13. The molecule has 1 atom stereocenters. The molecule has 1 unspecified atom stereocenters. The van der Waals surface area contributed by atoms with Gasteiger partial charge < -0.3 is 29.4 Å². The number of rotatable bonds is 10. The topological polar surface area (TPSA) is 112 Å². The third-order valence-electron chi connectivity index (χ3n) is 6.17. The van der Waals surface area contributed by atoms with E-state index >= 15 is 0 Å². The molecule has 1 aromatic carbocycles. The van der Waals surface area contributed by atoms with E-state index in [0.29, 0.717) is 47.7 Å². The second-order valence-electron chi connectivity index (χ2n) is 8.93. The van der Waals surface area contributed by atoms with Crippen molar-refractivity contribution in [1.29, 1.82) is 0 Å². The van der Waals surface area contributed by atoms with Crippen molar-refractivity contribution in [3.63, 3.8) is 0 Å². The fourth-order valence-electron chi connectivity index (χ4n) is 4.46. The summed E-state index contributed by atoms with van der Waals surface area (Å²) in [5.74, 6) is -1.75. The minimum absolute atomic E-state index is 0.0220. The molecule has 0 aliphatic carbocycles. The number of amides is 1. The van der Waals surface area contributed by atoms with Crippen LogP contribution < -0.4 is 4.74 Å². The summed E-state index contributed by atoms with van der Waals surface area (Å²) in [6, 6.07) is 6.26. The molecular formula is C27H33N3O6. The molecule has 1 fully saturated rings. The smallest absolute Gasteiger partial charge is 0.354 e. The number of esters is 1. The molecule has 0 spiro atoms. The van der Waals surface area contributed by atoms with E-state index in [1.165, 1.54) is 12.0 Å². The molecule has 1 saturated heterocycles. The van der Waals surface area contributed by atoms with Gasteiger partial charge in [0.15, 0.2) is 0 Å². The Kier molecular flexibility index (Phi) is 8.37. The van der Waals surface area contributed by atoms with Gasteiger partial charge in [-0.1, -0.05) is 24.8 Å². The third-order valence-corrected chi connectivity index (χ3v) is 6.17. The number of aryl methyl sites for hydroxylation is 1. The van der Waals surface area contributed by atoms with E-state index in [1.54, 1.807) is 44.2 Å². The highest BCUT2D eigenvalue weighted by Gasteiger charge is 2.46. The Labute approximate surface area is 211 Å². The van der Waals surface area contributed by atoms with Crippen molar-refractivity contribution in [2.24, 2.45) is 0 Å². The molecule has 9 nitrogen and oxygen atoms in total. The molecule has 0 radical (unpaired) electrons. The van der Waals surface area contributed by atoms with Gasteiger partial charge in [-0.05, 0) is 64.2 Å². The van der Waals surface area contributed by atoms with E-state index < -0.39 is 23.7 Å². The monoisotopic (exact) mass is 495 g/mol. The number of methoxy groups -OCH3 is 1. The van der Waals surface area contributed by atoms with Crippen LogP contribution in [0.1, 0.15) is 45.3 Å². The van der Waals surface area contributed by atoms with Gasteiger partial charge >= 0.3 is 5.97 Å². The number of hydrogen-bond donors (Lipinski definition) is 2. The summed E-state index contributed by atoms with van der Waals surface area (Å²) in [4.78, 5) is 45.0. The number of nitrogens with zero attached hydrogens (tertiary/aromatic N) is 2. The van der Waals surface area contributed by atoms with Crippen LogP contribution in [-0.4, -0.2) is 78.5 Å². The van der Waals surface area contributed by atoms with Crippen molar-refractivity contribution in [3.05, 3.63) is 70.6 Å². The van der Waals surface area contributed by atoms with Crippen molar-refractivity contribution < 1.29 is 29.0 Å². The molecule has 1 aliphatic rings. The number of ketones is 1. The molecule has 9 heteroatoms. The zero-order valence-electron chi connectivity index (χ0n) is 21.4. The highest BCUT2D eigenvalue weighted by atomic mass is 16.5. The van der Waals surface area contributed by atoms with E-state index in [0.717, 1.165) is 6.54 Å². The Bertz CT molecular complexity index is 1190. The molecule has 3 rings (SSSR count). The Hall–Kier alpha value is -3.85. The molecule has 0 saturated carbocycles. The summed E-state index contributed by atoms with van der Waals surface area (Å²) in [6.07, 6.45) is 2.28. The summed E-state index contributed by atoms with van der Waals surface area (Å²) in [5, 5.41) is 11.4. The van der Waals surface area contributed by atoms with Gasteiger partial charge in [-0.25, -0.2) is 4.79 Å². The highest BCUT2D eigenvalue weighted by molar-refractivity contribution is 6.46. The molecule has 2 N–H and O–H groups in total. The number of carbonyl (C=O) groups is 3. The summed E-state index contributed by atoms with van der Waals surface area (Å²) in [5.41, 5.74) is 2.03. The SMILES string of the molecule is C=CCOc1ccc(C2C(=C(O)c3c(C)[nH]c(C(=O)OC)c3C)C(=O)C(=O)N2CCCN(C)C)cc1. The molecule has 1 aromatic heterocycles. The Morgan fingerprint density at radius 3 is 2.47 bits per heavy atom. The maximum atomic E-state index is 13.3. The quantitative estimate of drug-likeness (QED) is 0.171. The average Bonchev–Trinajstić information content (AvgIpc) is 3.29. The van der Waals surface area contributed by atoms with Gasteiger partial charge in [-0.15, -0.1) is 0 Å². The van der Waals surface area contributed by atoms with Gasteiger partial charge in [-0.3, -0.25) is 9.59 Å². The van der Waals surface area contributed by atoms with Gasteiger partial charge in [0.25, 0.3) is 11.7 Å². The number of aliphatic hydroxyl groups is 1. The van der Waals surface area contributed by atoms with Crippen LogP contribution >= 0.6 is 0 Å². The highest BCUT2D eigenvalue weighted by Crippen LogP contribution is 2.41. The molecule has 2 heterocycles. The lowest BCUT2D eigenvalue weighted by atomic mass is 9.94. The summed E-state index contributed by atoms with van der Waals surface area (Å²) < 4.78 is 10.4. The number of likely N-dealkylation sites (tertiary alicyclic amines) is 1. The van der Waals surface area contributed by atoms with Crippen molar-refractivity contribution >= 4 is 23.4 Å². The number of carbonyl (C=O) groups excluding carboxylic acids is 3. The summed E-state index contributed by atoms with van der Waals surface area (Å²) in [6.45, 7) is 8.37. The number of hydrogen-bond acceptors (Lipinski definition) is 7. The zero-order valence-corrected chi connectivity index (χ0v) is 21.4. The lowest BCUT2D eigenvalue weighted by Gasteiger charge is -2.26. The average molecular weight is 496 g/mol. The van der Waals surface area contributed by atoms with Crippen LogP contribution in [0, 0.1) is 13.8 Å². The number of H-pyrrole nitrogens is 1. The predicted molar refractivity (Wildman–Crippen MR) is 136 cm³/mol. The minimum Gasteiger partial charge on any atom is -0.507 e. The van der Waals surface area contributed by atoms with Gasteiger partial charge in [0.2, 0.25) is 0 Å². The fourth-order valence-corrected chi connectivity index (χ4v) is 4.46. The number of Topliss-reactive ketones (excluding diaryl/α,β-unsaturated/α-hetero) is 1. The Balaban J connectivity index is 2.14. The first kappa shape index (κ1) is 26.7. The van der Waals surface area contributed by atoms with Crippen LogP contribution in [0.15, 0.2) is 42.5 Å². The molecule has 0 bridgehead atoms. The van der Waals surface area contributed by atoms with E-state index in [4.69, 9.17) is 9.47 Å². The van der Waals surface area contributed by atoms with Gasteiger partial charge in [0.05, 0.1) is 18.7 Å². The van der Waals surface area contributed by atoms with E-state index in [9.17, 15) is 19.5 Å². The van der Waals surface area contributed by atoms with Crippen LogP contribution in [0.25, 0.3) is 5.76 Å². The van der Waals surface area contributed by atoms with Crippen molar-refractivity contribution in [3.8, 4) is 5.75 Å². The number of aliphatic hydroxyl groups excluding tert-OH is 1.